The van der Waals surface area contributed by atoms with E-state index in [1.54, 1.807) is 38.5 Å². The van der Waals surface area contributed by atoms with Gasteiger partial charge in [0.05, 0.1) is 51.9 Å². The summed E-state index contributed by atoms with van der Waals surface area (Å²) in [4.78, 5) is 65.5. The minimum Gasteiger partial charge on any atom is -0.497 e. The summed E-state index contributed by atoms with van der Waals surface area (Å²) >= 11 is 18.1. The van der Waals surface area contributed by atoms with Gasteiger partial charge in [-0.2, -0.15) is 0 Å². The number of hydrogen-bond donors (Lipinski definition) is 1. The van der Waals surface area contributed by atoms with Crippen molar-refractivity contribution in [2.24, 2.45) is 0 Å². The zero-order chi connectivity index (χ0) is 46.4. The van der Waals surface area contributed by atoms with Gasteiger partial charge >= 0.3 is 17.8 Å². The van der Waals surface area contributed by atoms with Crippen LogP contribution in [0.1, 0.15) is 50.8 Å². The highest BCUT2D eigenvalue weighted by atomic mass is 35.5. The summed E-state index contributed by atoms with van der Waals surface area (Å²) in [7, 11) is 3.11. The highest BCUT2D eigenvalue weighted by Crippen LogP contribution is 2.43. The number of carbonyl (C=O) groups is 2. The number of aromatic nitrogens is 2. The predicted octanol–water partition coefficient (Wildman–Crippen LogP) is 8.97. The molecule has 1 aliphatic rings. The molecule has 2 heterocycles. The van der Waals surface area contributed by atoms with Gasteiger partial charge in [-0.3, -0.25) is 24.5 Å². The third-order valence-electron chi connectivity index (χ3n) is 10.6. The molecule has 0 unspecified atom stereocenters. The molecule has 0 bridgehead atoms. The fraction of sp³-hybridized carbons (Fsp3) is 0.217. The van der Waals surface area contributed by atoms with Crippen LogP contribution in [-0.4, -0.2) is 59.6 Å². The normalized spacial score (nSPS) is 15.8. The van der Waals surface area contributed by atoms with Crippen LogP contribution in [0.15, 0.2) is 125 Å². The summed E-state index contributed by atoms with van der Waals surface area (Å²) in [5, 5.41) is 12.3. The van der Waals surface area contributed by atoms with Crippen molar-refractivity contribution in [1.82, 2.24) is 9.55 Å². The van der Waals surface area contributed by atoms with Gasteiger partial charge in [-0.15, -0.1) is 0 Å². The van der Waals surface area contributed by atoms with Gasteiger partial charge in [0.2, 0.25) is 0 Å². The number of nitrogens with zero attached hydrogens (tertiary/aromatic N) is 2. The number of aryl methyl sites for hydroxylation is 1. The van der Waals surface area contributed by atoms with Crippen LogP contribution >= 0.6 is 34.8 Å². The topological polar surface area (TPSA) is 197 Å². The summed E-state index contributed by atoms with van der Waals surface area (Å²) < 4.78 is 42.1. The van der Waals surface area contributed by atoms with Crippen LogP contribution in [0, 0.1) is 17.0 Å². The minimum atomic E-state index is -1.32. The Hall–Kier alpha value is -6.69. The van der Waals surface area contributed by atoms with Crippen LogP contribution in [0.2, 0.25) is 15.1 Å². The lowest BCUT2D eigenvalue weighted by Gasteiger charge is -2.37. The van der Waals surface area contributed by atoms with E-state index in [1.165, 1.54) is 42.0 Å². The zero-order valence-electron chi connectivity index (χ0n) is 34.7. The van der Waals surface area contributed by atoms with E-state index < -0.39 is 64.6 Å². The van der Waals surface area contributed by atoms with E-state index in [1.807, 2.05) is 54.6 Å². The van der Waals surface area contributed by atoms with Crippen LogP contribution in [0.3, 0.4) is 0 Å². The molecule has 6 aromatic rings. The van der Waals surface area contributed by atoms with Crippen LogP contribution in [0.4, 0.5) is 10.5 Å². The van der Waals surface area contributed by atoms with Crippen LogP contribution in [-0.2, 0) is 31.2 Å². The van der Waals surface area contributed by atoms with Crippen molar-refractivity contribution >= 4 is 52.6 Å². The molecule has 0 radical (unpaired) electrons. The summed E-state index contributed by atoms with van der Waals surface area (Å²) in [5.41, 5.74) is -1.16. The lowest BCUT2D eigenvalue weighted by molar-refractivity contribution is -0.385. The number of methoxy groups -OCH3 is 2. The quantitative estimate of drug-likeness (QED) is 0.0256. The van der Waals surface area contributed by atoms with Gasteiger partial charge in [-0.1, -0.05) is 89.4 Å². The number of aromatic amines is 1. The molecular weight excluding hydrogens is 909 g/mol. The number of rotatable bonds is 15. The Morgan fingerprint density at radius 1 is 0.846 bits per heavy atom. The fourth-order valence-electron chi connectivity index (χ4n) is 7.25. The van der Waals surface area contributed by atoms with Gasteiger partial charge in [0.15, 0.2) is 5.75 Å². The van der Waals surface area contributed by atoms with Crippen molar-refractivity contribution in [2.45, 2.75) is 44.0 Å². The van der Waals surface area contributed by atoms with Crippen molar-refractivity contribution in [2.75, 3.05) is 20.8 Å². The molecule has 5 aromatic carbocycles. The van der Waals surface area contributed by atoms with Crippen molar-refractivity contribution in [1.29, 1.82) is 0 Å². The number of hydrogen-bond acceptors (Lipinski definition) is 13. The molecule has 0 aliphatic carbocycles. The highest BCUT2D eigenvalue weighted by molar-refractivity contribution is 6.43. The second-order valence-electron chi connectivity index (χ2n) is 14.5. The molecule has 0 saturated carbocycles. The molecule has 1 saturated heterocycles. The maximum atomic E-state index is 13.5. The molecule has 0 spiro atoms. The first-order chi connectivity index (χ1) is 31.2. The van der Waals surface area contributed by atoms with E-state index >= 15 is 0 Å². The zero-order valence-corrected chi connectivity index (χ0v) is 36.9. The van der Waals surface area contributed by atoms with E-state index in [9.17, 15) is 29.3 Å². The molecular formula is C46H38Cl3N3O13. The number of esters is 1. The Balaban J connectivity index is 1.16. The lowest BCUT2D eigenvalue weighted by Crippen LogP contribution is -2.39. The summed E-state index contributed by atoms with van der Waals surface area (Å²) in [6, 6.07) is 30.0. The van der Waals surface area contributed by atoms with Gasteiger partial charge in [0, 0.05) is 30.3 Å². The lowest BCUT2D eigenvalue weighted by atomic mass is 9.80. The van der Waals surface area contributed by atoms with Gasteiger partial charge in [0.1, 0.15) is 42.1 Å². The molecule has 336 valence electrons. The molecule has 0 amide bonds. The van der Waals surface area contributed by atoms with Gasteiger partial charge in [-0.25, -0.2) is 14.4 Å². The Morgan fingerprint density at radius 2 is 1.46 bits per heavy atom. The van der Waals surface area contributed by atoms with E-state index in [0.29, 0.717) is 22.6 Å². The van der Waals surface area contributed by atoms with Crippen molar-refractivity contribution in [3.05, 3.63) is 195 Å². The monoisotopic (exact) mass is 945 g/mol. The summed E-state index contributed by atoms with van der Waals surface area (Å²) in [6.07, 6.45) is -3.24. The predicted molar refractivity (Wildman–Crippen MR) is 237 cm³/mol. The van der Waals surface area contributed by atoms with Crippen molar-refractivity contribution in [3.63, 3.8) is 0 Å². The molecule has 1 N–H and O–H groups in total. The van der Waals surface area contributed by atoms with E-state index in [0.717, 1.165) is 11.6 Å². The molecule has 19 heteroatoms. The van der Waals surface area contributed by atoms with Crippen LogP contribution in [0.25, 0.3) is 0 Å². The number of nitro benzene ring substituents is 1. The Kier molecular flexibility index (Phi) is 14.3. The van der Waals surface area contributed by atoms with Gasteiger partial charge in [0.25, 0.3) is 11.2 Å². The Labute approximate surface area is 385 Å². The third-order valence-corrected chi connectivity index (χ3v) is 11.6. The number of benzene rings is 5. The second kappa shape index (κ2) is 20.0. The first-order valence-electron chi connectivity index (χ1n) is 19.6. The Morgan fingerprint density at radius 3 is 2.08 bits per heavy atom. The van der Waals surface area contributed by atoms with Gasteiger partial charge < -0.3 is 33.2 Å². The smallest absolute Gasteiger partial charge is 0.497 e. The number of carbonyl (C=O) groups excluding carboxylic acids is 2. The number of ether oxygens (including phenoxy) is 7. The fourth-order valence-corrected chi connectivity index (χ4v) is 7.82. The molecule has 1 aromatic heterocycles. The SMILES string of the molecule is COc1ccc(C(OC[C@H]2O[C@@H](n3cc(C)c(=O)[nH]c3=O)C[C@@H]2OC(=O)OCc2ccc(C(=O)Oc3cc(Cl)c(Cl)cc3Cl)cc2[N+](=O)[O-])(c2ccccc2)c2ccc(OC)cc2)cc1. The van der Waals surface area contributed by atoms with Gasteiger partial charge in [-0.05, 0) is 66.1 Å². The highest BCUT2D eigenvalue weighted by Gasteiger charge is 2.44. The van der Waals surface area contributed by atoms with Crippen molar-refractivity contribution in [3.8, 4) is 17.2 Å². The molecule has 16 nitrogen and oxygen atoms in total. The van der Waals surface area contributed by atoms with E-state index in [-0.39, 0.29) is 50.5 Å². The number of nitro groups is 1. The van der Waals surface area contributed by atoms with Crippen LogP contribution in [0.5, 0.6) is 17.2 Å². The minimum absolute atomic E-state index is 0.0237. The molecule has 65 heavy (non-hydrogen) atoms. The summed E-state index contributed by atoms with van der Waals surface area (Å²) in [6.45, 7) is 0.633. The third kappa shape index (κ3) is 10.2. The second-order valence-corrected chi connectivity index (χ2v) is 15.8. The first kappa shape index (κ1) is 46.3. The maximum absolute atomic E-state index is 13.5. The molecule has 1 fully saturated rings. The number of halogens is 3. The number of H-pyrrole nitrogens is 1. The standard InChI is InChI=1S/C46H38Cl3N3O13/c1-26-23-51(44(55)50-42(26)53)41-22-39(65-45(56)61-24-28-10-9-27(19-37(28)52(57)58)43(54)64-38-21-35(48)34(47)20-36(38)49)40(63-41)25-62-46(29-7-5-4-6-8-29,30-11-15-32(59-2)16-12-30)31-13-17-33(60-3)18-14-31/h4-21,23,39-41H,22,24-25H2,1-3H3,(H,50,53,55)/t39-,40+,41+/m0/s1. The number of nitrogens with one attached hydrogen (secondary N) is 1. The molecule has 1 aliphatic heterocycles. The van der Waals surface area contributed by atoms with E-state index in [4.69, 9.17) is 68.0 Å². The maximum Gasteiger partial charge on any atom is 0.508 e. The van der Waals surface area contributed by atoms with E-state index in [2.05, 4.69) is 4.98 Å². The average Bonchev–Trinajstić information content (AvgIpc) is 3.70. The van der Waals surface area contributed by atoms with Crippen molar-refractivity contribution < 1.29 is 47.7 Å². The average molecular weight is 947 g/mol. The molecule has 7 rings (SSSR count). The summed E-state index contributed by atoms with van der Waals surface area (Å²) in [5.74, 6) is 0.0972. The van der Waals surface area contributed by atoms with Crippen LogP contribution < -0.4 is 25.5 Å². The first-order valence-corrected chi connectivity index (χ1v) is 20.8. The molecule has 3 atom stereocenters. The Bertz CT molecular complexity index is 2790. The largest absolute Gasteiger partial charge is 0.508 e.